The van der Waals surface area contributed by atoms with E-state index in [4.69, 9.17) is 0 Å². The molecule has 0 spiro atoms. The molecule has 1 aromatic carbocycles. The molecule has 1 aliphatic rings. The first kappa shape index (κ1) is 8.99. The topological polar surface area (TPSA) is 32.3 Å². The highest BCUT2D eigenvalue weighted by atomic mass is 19.1. The number of para-hydroxylation sites is 1. The molecule has 74 valence electrons. The molecule has 0 saturated carbocycles. The van der Waals surface area contributed by atoms with Crippen molar-refractivity contribution in [2.45, 2.75) is 13.0 Å². The standard InChI is InChI=1S/C10H11FN2O/c1-6-10(14)13(2)8-5-3-4-7(11)9(8)12-6/h3-6,12H,1-2H3. The van der Waals surface area contributed by atoms with Crippen molar-refractivity contribution < 1.29 is 9.18 Å². The molecule has 1 heterocycles. The van der Waals surface area contributed by atoms with E-state index in [-0.39, 0.29) is 17.8 Å². The van der Waals surface area contributed by atoms with Crippen LogP contribution in [0, 0.1) is 5.82 Å². The summed E-state index contributed by atoms with van der Waals surface area (Å²) in [6.07, 6.45) is 0. The molecule has 0 saturated heterocycles. The zero-order valence-corrected chi connectivity index (χ0v) is 8.04. The van der Waals surface area contributed by atoms with Gasteiger partial charge in [0.2, 0.25) is 5.91 Å². The van der Waals surface area contributed by atoms with Crippen LogP contribution in [0.15, 0.2) is 18.2 Å². The van der Waals surface area contributed by atoms with Crippen molar-refractivity contribution in [3.8, 4) is 0 Å². The lowest BCUT2D eigenvalue weighted by Gasteiger charge is -2.31. The first-order valence-corrected chi connectivity index (χ1v) is 4.44. The summed E-state index contributed by atoms with van der Waals surface area (Å²) in [5, 5.41) is 2.84. The molecule has 3 nitrogen and oxygen atoms in total. The number of nitrogens with zero attached hydrogens (tertiary/aromatic N) is 1. The van der Waals surface area contributed by atoms with Crippen molar-refractivity contribution in [2.24, 2.45) is 0 Å². The van der Waals surface area contributed by atoms with E-state index in [9.17, 15) is 9.18 Å². The van der Waals surface area contributed by atoms with E-state index in [0.29, 0.717) is 11.4 Å². The predicted molar refractivity (Wildman–Crippen MR) is 52.9 cm³/mol. The van der Waals surface area contributed by atoms with Gasteiger partial charge in [0.15, 0.2) is 0 Å². The fourth-order valence-corrected chi connectivity index (χ4v) is 1.62. The number of amides is 1. The number of benzene rings is 1. The molecule has 4 heteroatoms. The van der Waals surface area contributed by atoms with E-state index in [1.54, 1.807) is 26.1 Å². The Hall–Kier alpha value is -1.58. The number of anilines is 2. The summed E-state index contributed by atoms with van der Waals surface area (Å²) < 4.78 is 13.3. The molecule has 0 fully saturated rings. The molecule has 1 atom stereocenters. The van der Waals surface area contributed by atoms with E-state index in [2.05, 4.69) is 5.32 Å². The maximum atomic E-state index is 13.3. The van der Waals surface area contributed by atoms with Crippen molar-refractivity contribution in [3.63, 3.8) is 0 Å². The van der Waals surface area contributed by atoms with Gasteiger partial charge in [-0.2, -0.15) is 0 Å². The van der Waals surface area contributed by atoms with Gasteiger partial charge in [-0.05, 0) is 19.1 Å². The van der Waals surface area contributed by atoms with Crippen molar-refractivity contribution in [1.29, 1.82) is 0 Å². The Labute approximate surface area is 81.5 Å². The summed E-state index contributed by atoms with van der Waals surface area (Å²) in [5.74, 6) is -0.378. The minimum atomic E-state index is -0.371. The summed E-state index contributed by atoms with van der Waals surface area (Å²) in [5.41, 5.74) is 0.996. The molecule has 2 rings (SSSR count). The van der Waals surface area contributed by atoms with Crippen LogP contribution in [-0.4, -0.2) is 19.0 Å². The van der Waals surface area contributed by atoms with Crippen LogP contribution < -0.4 is 10.2 Å². The predicted octanol–water partition coefficient (Wildman–Crippen LogP) is 1.60. The summed E-state index contributed by atoms with van der Waals surface area (Å²) in [7, 11) is 1.65. The first-order chi connectivity index (χ1) is 6.61. The van der Waals surface area contributed by atoms with Crippen LogP contribution in [0.4, 0.5) is 15.8 Å². The van der Waals surface area contributed by atoms with E-state index in [1.807, 2.05) is 0 Å². The zero-order valence-electron chi connectivity index (χ0n) is 8.04. The monoisotopic (exact) mass is 194 g/mol. The quantitative estimate of drug-likeness (QED) is 0.680. The fraction of sp³-hybridized carbons (Fsp3) is 0.300. The van der Waals surface area contributed by atoms with Crippen LogP contribution >= 0.6 is 0 Å². The van der Waals surface area contributed by atoms with Gasteiger partial charge in [0, 0.05) is 7.05 Å². The van der Waals surface area contributed by atoms with Crippen molar-refractivity contribution >= 4 is 17.3 Å². The van der Waals surface area contributed by atoms with Gasteiger partial charge in [-0.25, -0.2) is 4.39 Å². The van der Waals surface area contributed by atoms with Gasteiger partial charge in [-0.3, -0.25) is 4.79 Å². The minimum absolute atomic E-state index is 0.0527. The number of hydrogen-bond donors (Lipinski definition) is 1. The molecule has 1 N–H and O–H groups in total. The van der Waals surface area contributed by atoms with E-state index in [0.717, 1.165) is 0 Å². The highest BCUT2D eigenvalue weighted by molar-refractivity contribution is 6.04. The molecule has 1 aliphatic heterocycles. The molecule has 0 aromatic heterocycles. The smallest absolute Gasteiger partial charge is 0.248 e. The summed E-state index contributed by atoms with van der Waals surface area (Å²) in [6, 6.07) is 4.32. The Morgan fingerprint density at radius 1 is 1.50 bits per heavy atom. The summed E-state index contributed by atoms with van der Waals surface area (Å²) in [6.45, 7) is 1.72. The molecule has 1 amide bonds. The Morgan fingerprint density at radius 3 is 2.93 bits per heavy atom. The third kappa shape index (κ3) is 1.14. The largest absolute Gasteiger partial charge is 0.370 e. The number of hydrogen-bond acceptors (Lipinski definition) is 2. The second-order valence-electron chi connectivity index (χ2n) is 3.40. The third-order valence-corrected chi connectivity index (χ3v) is 2.41. The lowest BCUT2D eigenvalue weighted by atomic mass is 10.1. The van der Waals surface area contributed by atoms with E-state index < -0.39 is 0 Å². The average molecular weight is 194 g/mol. The number of carbonyl (C=O) groups excluding carboxylic acids is 1. The maximum Gasteiger partial charge on any atom is 0.248 e. The van der Waals surface area contributed by atoms with E-state index >= 15 is 0 Å². The van der Waals surface area contributed by atoms with Crippen LogP contribution in [0.1, 0.15) is 6.92 Å². The summed E-state index contributed by atoms with van der Waals surface area (Å²) in [4.78, 5) is 13.0. The van der Waals surface area contributed by atoms with Gasteiger partial charge in [-0.15, -0.1) is 0 Å². The SMILES string of the molecule is CC1Nc2c(F)cccc2N(C)C1=O. The molecular weight excluding hydrogens is 183 g/mol. The Kier molecular flexibility index (Phi) is 1.91. The molecule has 0 bridgehead atoms. The lowest BCUT2D eigenvalue weighted by Crippen LogP contribution is -2.43. The molecule has 1 aromatic rings. The van der Waals surface area contributed by atoms with Gasteiger partial charge in [0.25, 0.3) is 0 Å². The average Bonchev–Trinajstić information content (AvgIpc) is 2.17. The number of nitrogens with one attached hydrogen (secondary N) is 1. The highest BCUT2D eigenvalue weighted by Gasteiger charge is 2.28. The Morgan fingerprint density at radius 2 is 2.21 bits per heavy atom. The van der Waals surface area contributed by atoms with Crippen molar-refractivity contribution in [1.82, 2.24) is 0 Å². The van der Waals surface area contributed by atoms with Crippen LogP contribution in [0.25, 0.3) is 0 Å². The van der Waals surface area contributed by atoms with E-state index in [1.165, 1.54) is 11.0 Å². The zero-order chi connectivity index (χ0) is 10.3. The number of halogens is 1. The molecule has 14 heavy (non-hydrogen) atoms. The fourth-order valence-electron chi connectivity index (χ4n) is 1.62. The molecule has 0 aliphatic carbocycles. The van der Waals surface area contributed by atoms with Gasteiger partial charge in [-0.1, -0.05) is 6.07 Å². The van der Waals surface area contributed by atoms with Crippen molar-refractivity contribution in [2.75, 3.05) is 17.3 Å². The van der Waals surface area contributed by atoms with Crippen LogP contribution in [0.5, 0.6) is 0 Å². The van der Waals surface area contributed by atoms with Gasteiger partial charge in [0.05, 0.1) is 11.4 Å². The van der Waals surface area contributed by atoms with Crippen LogP contribution in [0.2, 0.25) is 0 Å². The molecule has 1 unspecified atom stereocenters. The van der Waals surface area contributed by atoms with Crippen molar-refractivity contribution in [3.05, 3.63) is 24.0 Å². The third-order valence-electron chi connectivity index (χ3n) is 2.41. The van der Waals surface area contributed by atoms with Crippen LogP contribution in [-0.2, 0) is 4.79 Å². The second kappa shape index (κ2) is 2.97. The molecule has 0 radical (unpaired) electrons. The first-order valence-electron chi connectivity index (χ1n) is 4.44. The summed E-state index contributed by atoms with van der Waals surface area (Å²) >= 11 is 0. The van der Waals surface area contributed by atoms with Gasteiger partial charge < -0.3 is 10.2 Å². The van der Waals surface area contributed by atoms with Gasteiger partial charge in [0.1, 0.15) is 11.9 Å². The number of carbonyl (C=O) groups is 1. The lowest BCUT2D eigenvalue weighted by molar-refractivity contribution is -0.118. The second-order valence-corrected chi connectivity index (χ2v) is 3.40. The number of likely N-dealkylation sites (N-methyl/N-ethyl adjacent to an activating group) is 1. The molecular formula is C10H11FN2O. The number of rotatable bonds is 0. The van der Waals surface area contributed by atoms with Crippen LogP contribution in [0.3, 0.4) is 0 Å². The van der Waals surface area contributed by atoms with Gasteiger partial charge >= 0.3 is 0 Å². The Bertz CT molecular complexity index is 392. The minimum Gasteiger partial charge on any atom is -0.370 e. The normalized spacial score (nSPS) is 20.4. The maximum absolute atomic E-state index is 13.3. The number of fused-ring (bicyclic) bond motifs is 1. The highest BCUT2D eigenvalue weighted by Crippen LogP contribution is 2.32. The Balaban J connectivity index is 2.56.